The van der Waals surface area contributed by atoms with Crippen LogP contribution in [0.15, 0.2) is 12.2 Å². The topological polar surface area (TPSA) is 23.5 Å². The van der Waals surface area contributed by atoms with Crippen LogP contribution in [0.25, 0.3) is 0 Å². The summed E-state index contributed by atoms with van der Waals surface area (Å²) in [4.78, 5) is 2.41. The van der Waals surface area contributed by atoms with Gasteiger partial charge in [0.25, 0.3) is 0 Å². The fourth-order valence-electron chi connectivity index (χ4n) is 2.47. The van der Waals surface area contributed by atoms with Gasteiger partial charge in [0.05, 0.1) is 6.10 Å². The Morgan fingerprint density at radius 1 is 1.40 bits per heavy atom. The molecule has 88 valence electrons. The summed E-state index contributed by atoms with van der Waals surface area (Å²) in [5.74, 6) is 0. The molecule has 1 saturated carbocycles. The fraction of sp³-hybridized carbons (Fsp3) is 0.846. The van der Waals surface area contributed by atoms with Crippen molar-refractivity contribution in [3.8, 4) is 0 Å². The molecule has 1 unspecified atom stereocenters. The Kier molecular flexibility index (Phi) is 5.34. The fourth-order valence-corrected chi connectivity index (χ4v) is 2.47. The molecule has 1 aliphatic carbocycles. The molecule has 0 spiro atoms. The maximum atomic E-state index is 9.49. The van der Waals surface area contributed by atoms with Gasteiger partial charge in [0.1, 0.15) is 0 Å². The summed E-state index contributed by atoms with van der Waals surface area (Å²) < 4.78 is 0. The van der Waals surface area contributed by atoms with Gasteiger partial charge in [-0.2, -0.15) is 0 Å². The number of rotatable bonds is 5. The van der Waals surface area contributed by atoms with E-state index in [-0.39, 0.29) is 6.10 Å². The normalized spacial score (nSPS) is 20.5. The minimum absolute atomic E-state index is 0.230. The third-order valence-electron chi connectivity index (χ3n) is 3.06. The van der Waals surface area contributed by atoms with E-state index in [1.54, 1.807) is 0 Å². The molecular formula is C13H25NO. The average molecular weight is 211 g/mol. The Labute approximate surface area is 94.0 Å². The largest absolute Gasteiger partial charge is 0.392 e. The van der Waals surface area contributed by atoms with Crippen molar-refractivity contribution in [2.75, 3.05) is 13.1 Å². The molecule has 1 N–H and O–H groups in total. The lowest BCUT2D eigenvalue weighted by atomic mass is 9.93. The molecule has 15 heavy (non-hydrogen) atoms. The predicted molar refractivity (Wildman–Crippen MR) is 64.9 cm³/mol. The maximum absolute atomic E-state index is 9.49. The van der Waals surface area contributed by atoms with Gasteiger partial charge in [-0.05, 0) is 26.7 Å². The molecule has 1 atom stereocenters. The molecule has 0 aliphatic heterocycles. The first kappa shape index (κ1) is 12.7. The van der Waals surface area contributed by atoms with Crippen LogP contribution in [-0.2, 0) is 0 Å². The van der Waals surface area contributed by atoms with Gasteiger partial charge in [-0.1, -0.05) is 31.4 Å². The van der Waals surface area contributed by atoms with Gasteiger partial charge in [0.2, 0.25) is 0 Å². The van der Waals surface area contributed by atoms with Crippen molar-refractivity contribution >= 4 is 0 Å². The number of hydrogen-bond donors (Lipinski definition) is 1. The zero-order chi connectivity index (χ0) is 11.3. The van der Waals surface area contributed by atoms with Gasteiger partial charge in [-0.25, -0.2) is 0 Å². The van der Waals surface area contributed by atoms with Crippen molar-refractivity contribution < 1.29 is 5.11 Å². The molecule has 0 aromatic rings. The van der Waals surface area contributed by atoms with Gasteiger partial charge in [0, 0.05) is 19.1 Å². The van der Waals surface area contributed by atoms with Crippen molar-refractivity contribution in [1.29, 1.82) is 0 Å². The van der Waals surface area contributed by atoms with Crippen molar-refractivity contribution in [2.45, 2.75) is 58.1 Å². The monoisotopic (exact) mass is 211 g/mol. The highest BCUT2D eigenvalue weighted by atomic mass is 16.3. The lowest BCUT2D eigenvalue weighted by molar-refractivity contribution is 0.0897. The molecule has 1 rings (SSSR count). The van der Waals surface area contributed by atoms with Gasteiger partial charge < -0.3 is 5.11 Å². The standard InChI is InChI=1S/C13H25NO/c1-11(2)9-14(10-12(3)15)13-7-5-4-6-8-13/h12-13,15H,1,4-10H2,2-3H3. The Morgan fingerprint density at radius 3 is 2.47 bits per heavy atom. The number of nitrogens with zero attached hydrogens (tertiary/aromatic N) is 1. The van der Waals surface area contributed by atoms with Gasteiger partial charge in [-0.3, -0.25) is 4.90 Å². The lowest BCUT2D eigenvalue weighted by Crippen LogP contribution is -2.41. The summed E-state index contributed by atoms with van der Waals surface area (Å²) in [6.45, 7) is 9.64. The highest BCUT2D eigenvalue weighted by Crippen LogP contribution is 2.23. The summed E-state index contributed by atoms with van der Waals surface area (Å²) in [6.07, 6.45) is 6.42. The minimum atomic E-state index is -0.230. The third-order valence-corrected chi connectivity index (χ3v) is 3.06. The summed E-state index contributed by atoms with van der Waals surface area (Å²) in [5, 5.41) is 9.49. The van der Waals surface area contributed by atoms with Crippen LogP contribution in [0.2, 0.25) is 0 Å². The Morgan fingerprint density at radius 2 is 2.00 bits per heavy atom. The second-order valence-corrected chi connectivity index (χ2v) is 5.03. The van der Waals surface area contributed by atoms with Crippen LogP contribution in [0.4, 0.5) is 0 Å². The number of hydrogen-bond acceptors (Lipinski definition) is 2. The Hall–Kier alpha value is -0.340. The molecule has 0 heterocycles. The van der Waals surface area contributed by atoms with E-state index in [0.29, 0.717) is 6.04 Å². The Balaban J connectivity index is 2.48. The Bertz CT molecular complexity index is 195. The van der Waals surface area contributed by atoms with E-state index < -0.39 is 0 Å². The smallest absolute Gasteiger partial charge is 0.0639 e. The highest BCUT2D eigenvalue weighted by Gasteiger charge is 2.21. The second kappa shape index (κ2) is 6.29. The van der Waals surface area contributed by atoms with E-state index in [9.17, 15) is 5.11 Å². The molecule has 0 saturated heterocycles. The molecule has 0 radical (unpaired) electrons. The molecule has 0 amide bonds. The first-order valence-electron chi connectivity index (χ1n) is 6.16. The lowest BCUT2D eigenvalue weighted by Gasteiger charge is -2.35. The molecule has 2 heteroatoms. The first-order valence-corrected chi connectivity index (χ1v) is 6.16. The highest BCUT2D eigenvalue weighted by molar-refractivity contribution is 4.94. The zero-order valence-corrected chi connectivity index (χ0v) is 10.2. The summed E-state index contributed by atoms with van der Waals surface area (Å²) in [6, 6.07) is 0.671. The second-order valence-electron chi connectivity index (χ2n) is 5.03. The van der Waals surface area contributed by atoms with Crippen molar-refractivity contribution in [1.82, 2.24) is 4.90 Å². The summed E-state index contributed by atoms with van der Waals surface area (Å²) >= 11 is 0. The van der Waals surface area contributed by atoms with E-state index in [2.05, 4.69) is 18.4 Å². The summed E-state index contributed by atoms with van der Waals surface area (Å²) in [5.41, 5.74) is 1.20. The van der Waals surface area contributed by atoms with E-state index in [0.717, 1.165) is 13.1 Å². The van der Waals surface area contributed by atoms with Crippen LogP contribution < -0.4 is 0 Å². The number of aliphatic hydroxyl groups excluding tert-OH is 1. The molecule has 0 bridgehead atoms. The molecule has 1 fully saturated rings. The van der Waals surface area contributed by atoms with E-state index in [1.807, 2.05) is 6.92 Å². The van der Waals surface area contributed by atoms with Crippen molar-refractivity contribution in [3.63, 3.8) is 0 Å². The number of aliphatic hydroxyl groups is 1. The summed E-state index contributed by atoms with van der Waals surface area (Å²) in [7, 11) is 0. The van der Waals surface area contributed by atoms with E-state index in [1.165, 1.54) is 37.7 Å². The van der Waals surface area contributed by atoms with Crippen LogP contribution in [0.3, 0.4) is 0 Å². The zero-order valence-electron chi connectivity index (χ0n) is 10.2. The average Bonchev–Trinajstić information content (AvgIpc) is 2.17. The van der Waals surface area contributed by atoms with Gasteiger partial charge in [0.15, 0.2) is 0 Å². The van der Waals surface area contributed by atoms with Crippen LogP contribution >= 0.6 is 0 Å². The molecular weight excluding hydrogens is 186 g/mol. The van der Waals surface area contributed by atoms with Crippen LogP contribution in [0, 0.1) is 0 Å². The molecule has 2 nitrogen and oxygen atoms in total. The molecule has 1 aliphatic rings. The van der Waals surface area contributed by atoms with Crippen molar-refractivity contribution in [2.24, 2.45) is 0 Å². The molecule has 0 aromatic carbocycles. The van der Waals surface area contributed by atoms with Crippen LogP contribution in [0.5, 0.6) is 0 Å². The van der Waals surface area contributed by atoms with E-state index in [4.69, 9.17) is 0 Å². The quantitative estimate of drug-likeness (QED) is 0.707. The van der Waals surface area contributed by atoms with Crippen LogP contribution in [0.1, 0.15) is 46.0 Å². The molecule has 0 aromatic heterocycles. The van der Waals surface area contributed by atoms with Crippen molar-refractivity contribution in [3.05, 3.63) is 12.2 Å². The third kappa shape index (κ3) is 4.80. The SMILES string of the molecule is C=C(C)CN(CC(C)O)C1CCCCC1. The predicted octanol–water partition coefficient (Wildman–Crippen LogP) is 2.58. The maximum Gasteiger partial charge on any atom is 0.0639 e. The first-order chi connectivity index (χ1) is 7.09. The van der Waals surface area contributed by atoms with Crippen LogP contribution in [-0.4, -0.2) is 35.2 Å². The van der Waals surface area contributed by atoms with E-state index >= 15 is 0 Å². The van der Waals surface area contributed by atoms with Gasteiger partial charge >= 0.3 is 0 Å². The van der Waals surface area contributed by atoms with Gasteiger partial charge in [-0.15, -0.1) is 0 Å². The minimum Gasteiger partial charge on any atom is -0.392 e.